The normalized spacial score (nSPS) is 15.4. The number of carbonyl (C=O) groups is 1. The molecular weight excluding hydrogens is 554 g/mol. The monoisotopic (exact) mass is 576 g/mol. The molecule has 1 saturated heterocycles. The predicted octanol–water partition coefficient (Wildman–Crippen LogP) is 9.14. The minimum atomic E-state index is -0.305. The molecule has 4 aromatic carbocycles. The van der Waals surface area contributed by atoms with E-state index in [-0.39, 0.29) is 18.3 Å². The van der Waals surface area contributed by atoms with Crippen molar-refractivity contribution < 1.29 is 13.9 Å². The molecule has 1 aliphatic heterocycles. The van der Waals surface area contributed by atoms with E-state index in [4.69, 9.17) is 32.9 Å². The van der Waals surface area contributed by atoms with Gasteiger partial charge in [0.15, 0.2) is 5.17 Å². The first-order chi connectivity index (χ1) is 18.8. The number of thioether (sulfide) groups is 1. The summed E-state index contributed by atoms with van der Waals surface area (Å²) >= 11 is 14.0. The molecule has 39 heavy (non-hydrogen) atoms. The predicted molar refractivity (Wildman–Crippen MR) is 160 cm³/mol. The highest BCUT2D eigenvalue weighted by atomic mass is 35.5. The van der Waals surface area contributed by atoms with Crippen molar-refractivity contribution in [3.8, 4) is 5.75 Å². The molecule has 1 amide bonds. The van der Waals surface area contributed by atoms with Gasteiger partial charge in [0, 0.05) is 15.6 Å². The molecule has 0 aromatic heterocycles. The summed E-state index contributed by atoms with van der Waals surface area (Å²) in [5.41, 5.74) is 4.42. The number of amides is 1. The summed E-state index contributed by atoms with van der Waals surface area (Å²) in [5.74, 6) is 0.0809. The van der Waals surface area contributed by atoms with Crippen molar-refractivity contribution >= 4 is 63.5 Å². The Hall–Kier alpha value is -3.58. The third-order valence-electron chi connectivity index (χ3n) is 6.13. The molecule has 1 fully saturated rings. The largest absolute Gasteiger partial charge is 0.489 e. The SMILES string of the molecule is Cc1ccc(N=C2S/C(=C/c3ccc(OCc4ccccc4F)cc3)C(=O)N2c2ccc(C)c(Cl)c2)cc1Cl. The Labute approximate surface area is 240 Å². The highest BCUT2D eigenvalue weighted by molar-refractivity contribution is 8.19. The van der Waals surface area contributed by atoms with E-state index in [2.05, 4.69) is 0 Å². The third-order valence-corrected chi connectivity index (χ3v) is 7.91. The number of halogens is 3. The van der Waals surface area contributed by atoms with Crippen molar-refractivity contribution in [2.75, 3.05) is 4.90 Å². The Kier molecular flexibility index (Phi) is 8.07. The molecule has 8 heteroatoms. The summed E-state index contributed by atoms with van der Waals surface area (Å²) in [6, 6.07) is 24.8. The second kappa shape index (κ2) is 11.7. The van der Waals surface area contributed by atoms with Gasteiger partial charge in [-0.15, -0.1) is 0 Å². The van der Waals surface area contributed by atoms with Crippen LogP contribution in [0.15, 0.2) is 94.8 Å². The molecule has 4 aromatic rings. The molecule has 0 radical (unpaired) electrons. The molecule has 0 unspecified atom stereocenters. The maximum absolute atomic E-state index is 13.9. The molecule has 5 rings (SSSR count). The first-order valence-corrected chi connectivity index (χ1v) is 13.7. The fraction of sp³-hybridized carbons (Fsp3) is 0.0968. The fourth-order valence-corrected chi connectivity index (χ4v) is 5.20. The summed E-state index contributed by atoms with van der Waals surface area (Å²) in [4.78, 5) is 20.4. The van der Waals surface area contributed by atoms with Crippen LogP contribution in [0, 0.1) is 19.7 Å². The molecule has 0 spiro atoms. The van der Waals surface area contributed by atoms with Crippen molar-refractivity contribution in [3.05, 3.63) is 128 Å². The lowest BCUT2D eigenvalue weighted by molar-refractivity contribution is -0.113. The van der Waals surface area contributed by atoms with E-state index in [0.717, 1.165) is 16.7 Å². The molecule has 1 aliphatic rings. The topological polar surface area (TPSA) is 41.9 Å². The van der Waals surface area contributed by atoms with Crippen LogP contribution in [0.1, 0.15) is 22.3 Å². The number of rotatable bonds is 6. The molecular formula is C31H23Cl2FN2O2S. The Morgan fingerprint density at radius 1 is 0.923 bits per heavy atom. The van der Waals surface area contributed by atoms with E-state index in [9.17, 15) is 9.18 Å². The van der Waals surface area contributed by atoms with Crippen LogP contribution in [0.5, 0.6) is 5.75 Å². The second-order valence-electron chi connectivity index (χ2n) is 8.96. The van der Waals surface area contributed by atoms with Crippen LogP contribution >= 0.6 is 35.0 Å². The van der Waals surface area contributed by atoms with Gasteiger partial charge in [-0.05, 0) is 90.8 Å². The number of amidine groups is 1. The maximum Gasteiger partial charge on any atom is 0.271 e. The highest BCUT2D eigenvalue weighted by Crippen LogP contribution is 2.39. The van der Waals surface area contributed by atoms with E-state index >= 15 is 0 Å². The average Bonchev–Trinajstić information content (AvgIpc) is 3.22. The zero-order valence-electron chi connectivity index (χ0n) is 21.1. The Bertz CT molecular complexity index is 1620. The third kappa shape index (κ3) is 6.19. The lowest BCUT2D eigenvalue weighted by Gasteiger charge is -2.16. The Morgan fingerprint density at radius 2 is 1.62 bits per heavy atom. The number of nitrogens with zero attached hydrogens (tertiary/aromatic N) is 2. The van der Waals surface area contributed by atoms with Gasteiger partial charge in [0.05, 0.1) is 16.3 Å². The van der Waals surface area contributed by atoms with E-state index in [1.54, 1.807) is 53.4 Å². The van der Waals surface area contributed by atoms with Gasteiger partial charge < -0.3 is 4.74 Å². The highest BCUT2D eigenvalue weighted by Gasteiger charge is 2.35. The average molecular weight is 578 g/mol. The number of hydrogen-bond donors (Lipinski definition) is 0. The molecule has 0 aliphatic carbocycles. The van der Waals surface area contributed by atoms with Crippen LogP contribution in [0.4, 0.5) is 15.8 Å². The fourth-order valence-electron chi connectivity index (χ4n) is 3.85. The quantitative estimate of drug-likeness (QED) is 0.215. The number of aliphatic imine (C=N–C) groups is 1. The number of aryl methyl sites for hydroxylation is 2. The standard InChI is InChI=1S/C31H23Cl2FN2O2S/c1-19-7-11-23(16-26(19)32)35-31-36(24-12-8-20(2)27(33)17-24)30(37)29(39-31)15-21-9-13-25(14-10-21)38-18-22-5-3-4-6-28(22)34/h3-17H,18H2,1-2H3/b29-15+,35-31?. The van der Waals surface area contributed by atoms with E-state index in [1.165, 1.54) is 17.8 Å². The summed E-state index contributed by atoms with van der Waals surface area (Å²) < 4.78 is 19.6. The molecule has 4 nitrogen and oxygen atoms in total. The van der Waals surface area contributed by atoms with Gasteiger partial charge in [0.1, 0.15) is 18.2 Å². The zero-order valence-corrected chi connectivity index (χ0v) is 23.4. The van der Waals surface area contributed by atoms with Gasteiger partial charge in [-0.2, -0.15) is 0 Å². The molecule has 0 N–H and O–H groups in total. The van der Waals surface area contributed by atoms with Crippen LogP contribution in [0.3, 0.4) is 0 Å². The van der Waals surface area contributed by atoms with E-state index in [1.807, 2.05) is 50.2 Å². The van der Waals surface area contributed by atoms with E-state index < -0.39 is 0 Å². The van der Waals surface area contributed by atoms with Crippen LogP contribution in [0.2, 0.25) is 10.0 Å². The first kappa shape index (κ1) is 27.0. The van der Waals surface area contributed by atoms with Crippen LogP contribution in [-0.2, 0) is 11.4 Å². The van der Waals surface area contributed by atoms with Gasteiger partial charge in [-0.1, -0.05) is 65.7 Å². The molecule has 0 bridgehead atoms. The summed E-state index contributed by atoms with van der Waals surface area (Å²) in [6.45, 7) is 3.95. The molecule has 196 valence electrons. The second-order valence-corrected chi connectivity index (χ2v) is 10.8. The number of benzene rings is 4. The lowest BCUT2D eigenvalue weighted by Crippen LogP contribution is -2.28. The summed E-state index contributed by atoms with van der Waals surface area (Å²) in [6.07, 6.45) is 1.81. The van der Waals surface area contributed by atoms with Crippen molar-refractivity contribution in [3.63, 3.8) is 0 Å². The van der Waals surface area contributed by atoms with Gasteiger partial charge in [-0.25, -0.2) is 9.38 Å². The van der Waals surface area contributed by atoms with Gasteiger partial charge in [0.2, 0.25) is 0 Å². The number of hydrogen-bond acceptors (Lipinski definition) is 4. The van der Waals surface area contributed by atoms with Crippen LogP contribution < -0.4 is 9.64 Å². The van der Waals surface area contributed by atoms with Gasteiger partial charge in [-0.3, -0.25) is 9.69 Å². The Balaban J connectivity index is 1.42. The summed E-state index contributed by atoms with van der Waals surface area (Å²) in [5, 5.41) is 1.66. The van der Waals surface area contributed by atoms with Gasteiger partial charge in [0.25, 0.3) is 5.91 Å². The van der Waals surface area contributed by atoms with Crippen molar-refractivity contribution in [1.29, 1.82) is 0 Å². The van der Waals surface area contributed by atoms with Crippen molar-refractivity contribution in [1.82, 2.24) is 0 Å². The van der Waals surface area contributed by atoms with Crippen molar-refractivity contribution in [2.45, 2.75) is 20.5 Å². The molecule has 0 atom stereocenters. The van der Waals surface area contributed by atoms with Crippen molar-refractivity contribution in [2.24, 2.45) is 4.99 Å². The van der Waals surface area contributed by atoms with E-state index in [0.29, 0.717) is 42.8 Å². The minimum absolute atomic E-state index is 0.123. The molecule has 0 saturated carbocycles. The van der Waals surface area contributed by atoms with Gasteiger partial charge >= 0.3 is 0 Å². The maximum atomic E-state index is 13.9. The first-order valence-electron chi connectivity index (χ1n) is 12.1. The number of carbonyl (C=O) groups excluding carboxylic acids is 1. The lowest BCUT2D eigenvalue weighted by atomic mass is 10.2. The van der Waals surface area contributed by atoms with Crippen LogP contribution in [0.25, 0.3) is 6.08 Å². The number of ether oxygens (including phenoxy) is 1. The van der Waals surface area contributed by atoms with Crippen LogP contribution in [-0.4, -0.2) is 11.1 Å². The summed E-state index contributed by atoms with van der Waals surface area (Å²) in [7, 11) is 0. The minimum Gasteiger partial charge on any atom is -0.489 e. The Morgan fingerprint density at radius 3 is 2.31 bits per heavy atom. The smallest absolute Gasteiger partial charge is 0.271 e. The molecule has 1 heterocycles. The zero-order chi connectivity index (χ0) is 27.5. The number of anilines is 1.